The number of hydrogen-bond acceptors (Lipinski definition) is 6. The van der Waals surface area contributed by atoms with Gasteiger partial charge in [0.15, 0.2) is 23.9 Å². The van der Waals surface area contributed by atoms with Gasteiger partial charge in [-0.2, -0.15) is 0 Å². The highest BCUT2D eigenvalue weighted by molar-refractivity contribution is 6.05. The normalized spacial score (nSPS) is 11.9. The van der Waals surface area contributed by atoms with E-state index in [0.717, 1.165) is 12.8 Å². The lowest BCUT2D eigenvalue weighted by Crippen LogP contribution is -2.21. The Kier molecular flexibility index (Phi) is 5.56. The fraction of sp³-hybridized carbons (Fsp3) is 0.438. The fourth-order valence-electron chi connectivity index (χ4n) is 2.06. The molecule has 0 spiro atoms. The molecule has 0 atom stereocenters. The summed E-state index contributed by atoms with van der Waals surface area (Å²) in [6, 6.07) is 3.05. The van der Waals surface area contributed by atoms with Crippen molar-refractivity contribution < 1.29 is 28.6 Å². The van der Waals surface area contributed by atoms with Crippen LogP contribution in [-0.4, -0.2) is 31.1 Å². The van der Waals surface area contributed by atoms with E-state index in [1.54, 1.807) is 0 Å². The minimum absolute atomic E-state index is 0.0686. The Morgan fingerprint density at radius 3 is 2.57 bits per heavy atom. The first-order valence-electron chi connectivity index (χ1n) is 7.41. The summed E-state index contributed by atoms with van der Waals surface area (Å²) in [7, 11) is 0. The lowest BCUT2D eigenvalue weighted by molar-refractivity contribution is -0.147. The van der Waals surface area contributed by atoms with Gasteiger partial charge in [0.1, 0.15) is 0 Å². The number of amides is 1. The van der Waals surface area contributed by atoms with Crippen molar-refractivity contribution in [3.8, 4) is 11.5 Å². The molecule has 124 valence electrons. The largest absolute Gasteiger partial charge is 0.456 e. The Hall–Kier alpha value is -2.57. The first kappa shape index (κ1) is 16.8. The molecule has 7 nitrogen and oxygen atoms in total. The third-order valence-electron chi connectivity index (χ3n) is 3.26. The molecular weight excluding hydrogens is 302 g/mol. The molecule has 1 heterocycles. The standard InChI is InChI=1S/C16H19NO6/c1-3-4-5-16(20)21-8-15(19)17-12-7-14-13(22-9-23-14)6-11(12)10(2)18/h6-7H,3-5,8-9H2,1-2H3,(H,17,19). The number of carbonyl (C=O) groups is 3. The summed E-state index contributed by atoms with van der Waals surface area (Å²) in [6.07, 6.45) is 1.88. The number of fused-ring (bicyclic) bond motifs is 1. The summed E-state index contributed by atoms with van der Waals surface area (Å²) in [5, 5.41) is 2.56. The molecule has 1 aromatic carbocycles. The molecule has 2 rings (SSSR count). The van der Waals surface area contributed by atoms with E-state index in [1.165, 1.54) is 19.1 Å². The van der Waals surface area contributed by atoms with E-state index in [-0.39, 0.29) is 19.0 Å². The molecule has 0 saturated heterocycles. The number of nitrogens with one attached hydrogen (secondary N) is 1. The van der Waals surface area contributed by atoms with E-state index in [9.17, 15) is 14.4 Å². The van der Waals surface area contributed by atoms with Crippen LogP contribution in [0.15, 0.2) is 12.1 Å². The SMILES string of the molecule is CCCCC(=O)OCC(=O)Nc1cc2c(cc1C(C)=O)OCO2. The van der Waals surface area contributed by atoms with Gasteiger partial charge >= 0.3 is 5.97 Å². The molecule has 0 radical (unpaired) electrons. The third kappa shape index (κ3) is 4.45. The second kappa shape index (κ2) is 7.62. The molecule has 1 aliphatic heterocycles. The molecule has 0 fully saturated rings. The van der Waals surface area contributed by atoms with Crippen molar-refractivity contribution in [2.24, 2.45) is 0 Å². The molecule has 23 heavy (non-hydrogen) atoms. The van der Waals surface area contributed by atoms with Gasteiger partial charge in [0, 0.05) is 18.1 Å². The average molecular weight is 321 g/mol. The van der Waals surface area contributed by atoms with Crippen LogP contribution in [-0.2, 0) is 14.3 Å². The summed E-state index contributed by atoms with van der Waals surface area (Å²) >= 11 is 0. The molecule has 0 aromatic heterocycles. The van der Waals surface area contributed by atoms with Gasteiger partial charge in [0.05, 0.1) is 5.69 Å². The van der Waals surface area contributed by atoms with Gasteiger partial charge in [-0.05, 0) is 19.4 Å². The lowest BCUT2D eigenvalue weighted by atomic mass is 10.1. The van der Waals surface area contributed by atoms with E-state index >= 15 is 0 Å². The van der Waals surface area contributed by atoms with E-state index in [1.807, 2.05) is 6.92 Å². The van der Waals surface area contributed by atoms with Crippen molar-refractivity contribution in [1.29, 1.82) is 0 Å². The number of rotatable bonds is 7. The average Bonchev–Trinajstić information content (AvgIpc) is 2.97. The van der Waals surface area contributed by atoms with Crippen molar-refractivity contribution in [2.75, 3.05) is 18.7 Å². The van der Waals surface area contributed by atoms with Gasteiger partial charge in [-0.15, -0.1) is 0 Å². The Morgan fingerprint density at radius 1 is 1.22 bits per heavy atom. The zero-order valence-corrected chi connectivity index (χ0v) is 13.1. The molecule has 1 N–H and O–H groups in total. The van der Waals surface area contributed by atoms with Gasteiger partial charge in [0.25, 0.3) is 5.91 Å². The van der Waals surface area contributed by atoms with Crippen molar-refractivity contribution in [3.05, 3.63) is 17.7 Å². The zero-order chi connectivity index (χ0) is 16.8. The topological polar surface area (TPSA) is 90.9 Å². The highest BCUT2D eigenvalue weighted by Crippen LogP contribution is 2.37. The number of ketones is 1. The number of anilines is 1. The van der Waals surface area contributed by atoms with Crippen LogP contribution in [0.1, 0.15) is 43.5 Å². The summed E-state index contributed by atoms with van der Waals surface area (Å²) < 4.78 is 15.3. The molecule has 0 unspecified atom stereocenters. The van der Waals surface area contributed by atoms with Crippen LogP contribution >= 0.6 is 0 Å². The van der Waals surface area contributed by atoms with Crippen molar-refractivity contribution in [1.82, 2.24) is 0 Å². The number of unbranched alkanes of at least 4 members (excludes halogenated alkanes) is 1. The fourth-order valence-corrected chi connectivity index (χ4v) is 2.06. The molecule has 0 bridgehead atoms. The second-order valence-electron chi connectivity index (χ2n) is 5.12. The van der Waals surface area contributed by atoms with Crippen molar-refractivity contribution >= 4 is 23.3 Å². The maximum Gasteiger partial charge on any atom is 0.306 e. The zero-order valence-electron chi connectivity index (χ0n) is 13.1. The monoisotopic (exact) mass is 321 g/mol. The molecule has 1 aliphatic rings. The number of benzene rings is 1. The van der Waals surface area contributed by atoms with E-state index in [2.05, 4.69) is 5.32 Å². The maximum atomic E-state index is 11.9. The number of Topliss-reactive ketones (excluding diaryl/α,β-unsaturated/α-hetero) is 1. The number of hydrogen-bond donors (Lipinski definition) is 1. The van der Waals surface area contributed by atoms with Gasteiger partial charge in [-0.25, -0.2) is 0 Å². The van der Waals surface area contributed by atoms with E-state index in [4.69, 9.17) is 14.2 Å². The minimum Gasteiger partial charge on any atom is -0.456 e. The van der Waals surface area contributed by atoms with Crippen molar-refractivity contribution in [2.45, 2.75) is 33.1 Å². The molecule has 1 aromatic rings. The number of esters is 1. The number of carbonyl (C=O) groups excluding carboxylic acids is 3. The predicted octanol–water partition coefficient (Wildman–Crippen LogP) is 2.29. The first-order valence-corrected chi connectivity index (χ1v) is 7.41. The second-order valence-corrected chi connectivity index (χ2v) is 5.12. The Bertz CT molecular complexity index is 625. The Labute approximate surface area is 133 Å². The van der Waals surface area contributed by atoms with Crippen LogP contribution in [0.4, 0.5) is 5.69 Å². The summed E-state index contributed by atoms with van der Waals surface area (Å²) in [5.41, 5.74) is 0.608. The van der Waals surface area contributed by atoms with Gasteiger partial charge < -0.3 is 19.5 Å². The molecule has 0 aliphatic carbocycles. The van der Waals surface area contributed by atoms with Gasteiger partial charge in [-0.1, -0.05) is 13.3 Å². The third-order valence-corrected chi connectivity index (χ3v) is 3.26. The lowest BCUT2D eigenvalue weighted by Gasteiger charge is -2.11. The van der Waals surface area contributed by atoms with E-state index in [0.29, 0.717) is 22.7 Å². The van der Waals surface area contributed by atoms with E-state index < -0.39 is 18.5 Å². The smallest absolute Gasteiger partial charge is 0.306 e. The summed E-state index contributed by atoms with van der Waals surface area (Å²) in [5.74, 6) is -0.251. The Morgan fingerprint density at radius 2 is 1.91 bits per heavy atom. The molecule has 7 heteroatoms. The van der Waals surface area contributed by atoms with Crippen LogP contribution in [0, 0.1) is 0 Å². The van der Waals surface area contributed by atoms with Crippen LogP contribution < -0.4 is 14.8 Å². The highest BCUT2D eigenvalue weighted by atomic mass is 16.7. The van der Waals surface area contributed by atoms with Crippen molar-refractivity contribution in [3.63, 3.8) is 0 Å². The van der Waals surface area contributed by atoms with Gasteiger partial charge in [-0.3, -0.25) is 14.4 Å². The van der Waals surface area contributed by atoms with Crippen LogP contribution in [0.25, 0.3) is 0 Å². The first-order chi connectivity index (χ1) is 11.0. The highest BCUT2D eigenvalue weighted by Gasteiger charge is 2.20. The van der Waals surface area contributed by atoms with Gasteiger partial charge in [0.2, 0.25) is 6.79 Å². The molecule has 1 amide bonds. The summed E-state index contributed by atoms with van der Waals surface area (Å²) in [6.45, 7) is 3.02. The Balaban J connectivity index is 2.00. The molecular formula is C16H19NO6. The van der Waals surface area contributed by atoms with Crippen LogP contribution in [0.3, 0.4) is 0 Å². The minimum atomic E-state index is -0.517. The molecule has 0 saturated carbocycles. The van der Waals surface area contributed by atoms with Crippen LogP contribution in [0.5, 0.6) is 11.5 Å². The number of ether oxygens (including phenoxy) is 3. The maximum absolute atomic E-state index is 11.9. The quantitative estimate of drug-likeness (QED) is 0.612. The van der Waals surface area contributed by atoms with Crippen LogP contribution in [0.2, 0.25) is 0 Å². The predicted molar refractivity (Wildman–Crippen MR) is 81.7 cm³/mol. The summed E-state index contributed by atoms with van der Waals surface area (Å²) in [4.78, 5) is 35.0.